The first-order chi connectivity index (χ1) is 14.7. The Bertz CT molecular complexity index is 1170. The van der Waals surface area contributed by atoms with Crippen LogP contribution in [-0.2, 0) is 14.8 Å². The Balaban J connectivity index is 1.62. The van der Waals surface area contributed by atoms with Crippen molar-refractivity contribution >= 4 is 27.3 Å². The number of rotatable bonds is 7. The van der Waals surface area contributed by atoms with Gasteiger partial charge in [-0.1, -0.05) is 29.8 Å². The number of sulfonamides is 1. The van der Waals surface area contributed by atoms with Crippen molar-refractivity contribution in [3.8, 4) is 5.75 Å². The predicted molar refractivity (Wildman–Crippen MR) is 123 cm³/mol. The summed E-state index contributed by atoms with van der Waals surface area (Å²) in [5.41, 5.74) is 4.27. The van der Waals surface area contributed by atoms with E-state index in [0.29, 0.717) is 11.4 Å². The van der Waals surface area contributed by atoms with Crippen molar-refractivity contribution in [1.29, 1.82) is 0 Å². The number of carbonyl (C=O) groups excluding carboxylic acids is 1. The fourth-order valence-electron chi connectivity index (χ4n) is 2.97. The molecule has 0 aromatic heterocycles. The summed E-state index contributed by atoms with van der Waals surface area (Å²) in [5.74, 6) is 0.206. The summed E-state index contributed by atoms with van der Waals surface area (Å²) in [5, 5.41) is 2.84. The van der Waals surface area contributed by atoms with Gasteiger partial charge >= 0.3 is 0 Å². The van der Waals surface area contributed by atoms with E-state index in [1.807, 2.05) is 39.0 Å². The zero-order chi connectivity index (χ0) is 22.6. The summed E-state index contributed by atoms with van der Waals surface area (Å²) in [6, 6.07) is 19.1. The number of hydrogen-bond acceptors (Lipinski definition) is 4. The second-order valence-electron chi connectivity index (χ2n) is 7.43. The van der Waals surface area contributed by atoms with E-state index in [2.05, 4.69) is 5.32 Å². The SMILES string of the molecule is Cc1ccc(S(=O)(=O)N(C)c2ccc(OCC(=O)Nc3cc(C)ccc3C)cc2)cc1. The maximum atomic E-state index is 12.8. The highest BCUT2D eigenvalue weighted by Gasteiger charge is 2.21. The van der Waals surface area contributed by atoms with Crippen LogP contribution in [0, 0.1) is 20.8 Å². The highest BCUT2D eigenvalue weighted by molar-refractivity contribution is 7.92. The molecule has 0 aliphatic rings. The summed E-state index contributed by atoms with van der Waals surface area (Å²) in [7, 11) is -2.16. The zero-order valence-corrected chi connectivity index (χ0v) is 18.9. The molecular formula is C24H26N2O4S. The van der Waals surface area contributed by atoms with E-state index in [-0.39, 0.29) is 17.4 Å². The average molecular weight is 439 g/mol. The topological polar surface area (TPSA) is 75.7 Å². The molecule has 1 N–H and O–H groups in total. The third-order valence-electron chi connectivity index (χ3n) is 4.92. The molecule has 3 aromatic carbocycles. The fourth-order valence-corrected chi connectivity index (χ4v) is 4.16. The first-order valence-electron chi connectivity index (χ1n) is 9.82. The van der Waals surface area contributed by atoms with Crippen molar-refractivity contribution in [2.45, 2.75) is 25.7 Å². The lowest BCUT2D eigenvalue weighted by atomic mass is 10.1. The van der Waals surface area contributed by atoms with Crippen LogP contribution in [0.3, 0.4) is 0 Å². The zero-order valence-electron chi connectivity index (χ0n) is 18.0. The largest absolute Gasteiger partial charge is 0.484 e. The molecule has 0 saturated carbocycles. The van der Waals surface area contributed by atoms with E-state index in [0.717, 1.165) is 22.4 Å². The molecule has 0 aliphatic carbocycles. The number of hydrogen-bond donors (Lipinski definition) is 1. The van der Waals surface area contributed by atoms with Crippen LogP contribution in [-0.4, -0.2) is 28.0 Å². The predicted octanol–water partition coefficient (Wildman–Crippen LogP) is 4.45. The second-order valence-corrected chi connectivity index (χ2v) is 9.40. The van der Waals surface area contributed by atoms with Gasteiger partial charge in [0.25, 0.3) is 15.9 Å². The van der Waals surface area contributed by atoms with Gasteiger partial charge < -0.3 is 10.1 Å². The third kappa shape index (κ3) is 5.44. The van der Waals surface area contributed by atoms with E-state index >= 15 is 0 Å². The van der Waals surface area contributed by atoms with Crippen molar-refractivity contribution in [2.75, 3.05) is 23.3 Å². The standard InChI is InChI=1S/C24H26N2O4S/c1-17-6-13-22(14-7-17)31(28,29)26(4)20-9-11-21(12-10-20)30-16-24(27)25-23-15-18(2)5-8-19(23)3/h5-15H,16H2,1-4H3,(H,25,27). The summed E-state index contributed by atoms with van der Waals surface area (Å²) in [6.45, 7) is 5.64. The fraction of sp³-hybridized carbons (Fsp3) is 0.208. The number of nitrogens with zero attached hydrogens (tertiary/aromatic N) is 1. The van der Waals surface area contributed by atoms with Gasteiger partial charge in [-0.15, -0.1) is 0 Å². The van der Waals surface area contributed by atoms with Crippen LogP contribution in [0.2, 0.25) is 0 Å². The summed E-state index contributed by atoms with van der Waals surface area (Å²) in [4.78, 5) is 12.4. The van der Waals surface area contributed by atoms with Crippen LogP contribution in [0.1, 0.15) is 16.7 Å². The maximum Gasteiger partial charge on any atom is 0.264 e. The minimum atomic E-state index is -3.66. The molecular weight excluding hydrogens is 412 g/mol. The molecule has 3 rings (SSSR count). The summed E-state index contributed by atoms with van der Waals surface area (Å²) in [6.07, 6.45) is 0. The first-order valence-corrected chi connectivity index (χ1v) is 11.3. The van der Waals surface area contributed by atoms with Gasteiger partial charge in [0.15, 0.2) is 6.61 Å². The molecule has 0 bridgehead atoms. The second kappa shape index (κ2) is 9.22. The molecule has 0 unspecified atom stereocenters. The van der Waals surface area contributed by atoms with Gasteiger partial charge in [0, 0.05) is 12.7 Å². The van der Waals surface area contributed by atoms with Crippen molar-refractivity contribution in [3.05, 3.63) is 83.4 Å². The molecule has 0 heterocycles. The van der Waals surface area contributed by atoms with E-state index < -0.39 is 10.0 Å². The molecule has 7 heteroatoms. The minimum Gasteiger partial charge on any atom is -0.484 e. The van der Waals surface area contributed by atoms with Gasteiger partial charge in [0.05, 0.1) is 10.6 Å². The Morgan fingerprint density at radius 1 is 0.903 bits per heavy atom. The van der Waals surface area contributed by atoms with Gasteiger partial charge in [-0.05, 0) is 74.4 Å². The Labute approximate surface area is 183 Å². The van der Waals surface area contributed by atoms with Gasteiger partial charge in [-0.25, -0.2) is 8.42 Å². The van der Waals surface area contributed by atoms with Crippen LogP contribution < -0.4 is 14.4 Å². The van der Waals surface area contributed by atoms with E-state index in [9.17, 15) is 13.2 Å². The molecule has 1 amide bonds. The molecule has 6 nitrogen and oxygen atoms in total. The number of anilines is 2. The monoisotopic (exact) mass is 438 g/mol. The Hall–Kier alpha value is -3.32. The number of carbonyl (C=O) groups is 1. The summed E-state index contributed by atoms with van der Waals surface area (Å²) < 4.78 is 32.4. The highest BCUT2D eigenvalue weighted by Crippen LogP contribution is 2.24. The first kappa shape index (κ1) is 22.4. The number of benzene rings is 3. The van der Waals surface area contributed by atoms with Crippen LogP contribution in [0.15, 0.2) is 71.6 Å². The van der Waals surface area contributed by atoms with E-state index in [1.165, 1.54) is 11.4 Å². The van der Waals surface area contributed by atoms with Crippen molar-refractivity contribution in [3.63, 3.8) is 0 Å². The average Bonchev–Trinajstić information content (AvgIpc) is 2.75. The van der Waals surface area contributed by atoms with Crippen molar-refractivity contribution in [1.82, 2.24) is 0 Å². The Kier molecular flexibility index (Phi) is 6.65. The van der Waals surface area contributed by atoms with E-state index in [1.54, 1.807) is 48.5 Å². The molecule has 0 radical (unpaired) electrons. The number of ether oxygens (including phenoxy) is 1. The molecule has 0 saturated heterocycles. The van der Waals surface area contributed by atoms with Crippen LogP contribution in [0.25, 0.3) is 0 Å². The van der Waals surface area contributed by atoms with Gasteiger partial charge in [-0.2, -0.15) is 0 Å². The molecule has 0 spiro atoms. The Morgan fingerprint density at radius 2 is 1.52 bits per heavy atom. The smallest absolute Gasteiger partial charge is 0.264 e. The summed E-state index contributed by atoms with van der Waals surface area (Å²) >= 11 is 0. The molecule has 0 atom stereocenters. The number of nitrogens with one attached hydrogen (secondary N) is 1. The van der Waals surface area contributed by atoms with Gasteiger partial charge in [0.2, 0.25) is 0 Å². The number of aryl methyl sites for hydroxylation is 3. The Morgan fingerprint density at radius 3 is 2.16 bits per heavy atom. The quantitative estimate of drug-likeness (QED) is 0.591. The third-order valence-corrected chi connectivity index (χ3v) is 6.72. The van der Waals surface area contributed by atoms with Crippen molar-refractivity contribution < 1.29 is 17.9 Å². The molecule has 0 fully saturated rings. The number of amides is 1. The van der Waals surface area contributed by atoms with Crippen LogP contribution in [0.5, 0.6) is 5.75 Å². The normalized spacial score (nSPS) is 11.1. The van der Waals surface area contributed by atoms with Crippen LogP contribution in [0.4, 0.5) is 11.4 Å². The molecule has 0 aliphatic heterocycles. The van der Waals surface area contributed by atoms with Gasteiger partial charge in [0.1, 0.15) is 5.75 Å². The molecule has 3 aromatic rings. The van der Waals surface area contributed by atoms with Gasteiger partial charge in [-0.3, -0.25) is 9.10 Å². The van der Waals surface area contributed by atoms with E-state index in [4.69, 9.17) is 4.74 Å². The lowest BCUT2D eigenvalue weighted by molar-refractivity contribution is -0.118. The lowest BCUT2D eigenvalue weighted by Gasteiger charge is -2.20. The molecule has 162 valence electrons. The van der Waals surface area contributed by atoms with Crippen LogP contribution >= 0.6 is 0 Å². The lowest BCUT2D eigenvalue weighted by Crippen LogP contribution is -2.26. The molecule has 31 heavy (non-hydrogen) atoms. The highest BCUT2D eigenvalue weighted by atomic mass is 32.2. The van der Waals surface area contributed by atoms with Crippen molar-refractivity contribution in [2.24, 2.45) is 0 Å². The minimum absolute atomic E-state index is 0.149. The maximum absolute atomic E-state index is 12.8.